The number of phenolic OH excluding ortho intramolecular Hbond substituents is 1. The molecule has 2 rings (SSSR count). The van der Waals surface area contributed by atoms with Gasteiger partial charge in [-0.15, -0.1) is 0 Å². The minimum absolute atomic E-state index is 0.00601. The van der Waals surface area contributed by atoms with Crippen molar-refractivity contribution >= 4 is 17.3 Å². The van der Waals surface area contributed by atoms with Gasteiger partial charge in [-0.3, -0.25) is 10.1 Å². The van der Waals surface area contributed by atoms with Gasteiger partial charge in [0, 0.05) is 12.1 Å². The van der Waals surface area contributed by atoms with Gasteiger partial charge in [0.25, 0.3) is 5.69 Å². The number of nitro benzene ring substituents is 1. The zero-order chi connectivity index (χ0) is 16.1. The highest BCUT2D eigenvalue weighted by Gasteiger charge is 2.09. The molecule has 2 aromatic carbocycles. The third-order valence-corrected chi connectivity index (χ3v) is 3.00. The molecule has 6 heteroatoms. The molecule has 0 unspecified atom stereocenters. The zero-order valence-corrected chi connectivity index (χ0v) is 11.7. The molecule has 0 fully saturated rings. The van der Waals surface area contributed by atoms with E-state index in [-0.39, 0.29) is 22.8 Å². The SMILES string of the molecule is COc1cc(C=C(C#N)c2cccc([N+](=O)[O-])c2)ccc1O. The van der Waals surface area contributed by atoms with Crippen LogP contribution in [0.4, 0.5) is 5.69 Å². The predicted octanol–water partition coefficient (Wildman–Crippen LogP) is 3.37. The van der Waals surface area contributed by atoms with Gasteiger partial charge in [0.05, 0.1) is 23.7 Å². The smallest absolute Gasteiger partial charge is 0.270 e. The van der Waals surface area contributed by atoms with Gasteiger partial charge < -0.3 is 9.84 Å². The number of nitrogens with zero attached hydrogens (tertiary/aromatic N) is 2. The molecule has 0 aliphatic rings. The van der Waals surface area contributed by atoms with E-state index in [1.807, 2.05) is 6.07 Å². The van der Waals surface area contributed by atoms with E-state index >= 15 is 0 Å². The first-order valence-electron chi connectivity index (χ1n) is 6.29. The fourth-order valence-corrected chi connectivity index (χ4v) is 1.92. The third kappa shape index (κ3) is 3.22. The number of phenols is 1. The minimum Gasteiger partial charge on any atom is -0.504 e. The van der Waals surface area contributed by atoms with Crippen LogP contribution in [0.25, 0.3) is 11.6 Å². The van der Waals surface area contributed by atoms with Crippen LogP contribution in [-0.2, 0) is 0 Å². The summed E-state index contributed by atoms with van der Waals surface area (Å²) >= 11 is 0. The lowest BCUT2D eigenvalue weighted by Gasteiger charge is -2.05. The lowest BCUT2D eigenvalue weighted by atomic mass is 10.0. The summed E-state index contributed by atoms with van der Waals surface area (Å²) < 4.78 is 5.01. The van der Waals surface area contributed by atoms with Gasteiger partial charge in [0.1, 0.15) is 0 Å². The molecule has 0 heterocycles. The molecule has 0 saturated heterocycles. The number of ether oxygens (including phenoxy) is 1. The maximum absolute atomic E-state index is 10.8. The summed E-state index contributed by atoms with van der Waals surface area (Å²) in [4.78, 5) is 10.3. The molecule has 0 radical (unpaired) electrons. The second-order valence-corrected chi connectivity index (χ2v) is 4.41. The van der Waals surface area contributed by atoms with Crippen molar-refractivity contribution in [1.29, 1.82) is 5.26 Å². The summed E-state index contributed by atoms with van der Waals surface area (Å²) in [6.45, 7) is 0. The van der Waals surface area contributed by atoms with E-state index in [1.54, 1.807) is 24.3 Å². The predicted molar refractivity (Wildman–Crippen MR) is 81.2 cm³/mol. The molecule has 0 aromatic heterocycles. The van der Waals surface area contributed by atoms with Crippen LogP contribution in [-0.4, -0.2) is 17.1 Å². The monoisotopic (exact) mass is 296 g/mol. The Morgan fingerprint density at radius 2 is 2.14 bits per heavy atom. The molecule has 110 valence electrons. The lowest BCUT2D eigenvalue weighted by molar-refractivity contribution is -0.384. The van der Waals surface area contributed by atoms with Crippen LogP contribution in [0.15, 0.2) is 42.5 Å². The average Bonchev–Trinajstić information content (AvgIpc) is 2.54. The molecule has 2 aromatic rings. The van der Waals surface area contributed by atoms with Crippen LogP contribution in [0.2, 0.25) is 0 Å². The van der Waals surface area contributed by atoms with Crippen molar-refractivity contribution in [1.82, 2.24) is 0 Å². The standard InChI is InChI=1S/C16H12N2O4/c1-22-16-8-11(5-6-15(16)19)7-13(10-17)12-3-2-4-14(9-12)18(20)21/h2-9,19H,1H3. The molecule has 0 atom stereocenters. The van der Waals surface area contributed by atoms with E-state index in [0.717, 1.165) is 0 Å². The van der Waals surface area contributed by atoms with Crippen LogP contribution < -0.4 is 4.74 Å². The Morgan fingerprint density at radius 3 is 2.77 bits per heavy atom. The molecule has 0 bridgehead atoms. The molecule has 0 amide bonds. The molecule has 6 nitrogen and oxygen atoms in total. The van der Waals surface area contributed by atoms with Gasteiger partial charge in [0.2, 0.25) is 0 Å². The number of nitro groups is 1. The molecule has 1 N–H and O–H groups in total. The molecular formula is C16H12N2O4. The first-order valence-corrected chi connectivity index (χ1v) is 6.29. The van der Waals surface area contributed by atoms with Gasteiger partial charge in [-0.2, -0.15) is 5.26 Å². The van der Waals surface area contributed by atoms with Crippen molar-refractivity contribution in [3.8, 4) is 17.6 Å². The number of rotatable bonds is 4. The third-order valence-electron chi connectivity index (χ3n) is 3.00. The van der Waals surface area contributed by atoms with E-state index in [4.69, 9.17) is 4.74 Å². The zero-order valence-electron chi connectivity index (χ0n) is 11.7. The van der Waals surface area contributed by atoms with Crippen LogP contribution in [0.1, 0.15) is 11.1 Å². The average molecular weight is 296 g/mol. The Bertz CT molecular complexity index is 791. The number of aromatic hydroxyl groups is 1. The van der Waals surface area contributed by atoms with Crippen LogP contribution in [0.3, 0.4) is 0 Å². The first kappa shape index (κ1) is 15.1. The highest BCUT2D eigenvalue weighted by molar-refractivity contribution is 5.90. The fraction of sp³-hybridized carbons (Fsp3) is 0.0625. The van der Waals surface area contributed by atoms with E-state index in [9.17, 15) is 20.5 Å². The number of hydrogen-bond acceptors (Lipinski definition) is 5. The Hall–Kier alpha value is -3.33. The first-order chi connectivity index (χ1) is 10.5. The van der Waals surface area contributed by atoms with Gasteiger partial charge in [0.15, 0.2) is 11.5 Å². The topological polar surface area (TPSA) is 96.4 Å². The van der Waals surface area contributed by atoms with Crippen LogP contribution in [0, 0.1) is 21.4 Å². The van der Waals surface area contributed by atoms with Gasteiger partial charge in [-0.25, -0.2) is 0 Å². The largest absolute Gasteiger partial charge is 0.504 e. The summed E-state index contributed by atoms with van der Waals surface area (Å²) in [5, 5.41) is 29.6. The normalized spacial score (nSPS) is 10.8. The minimum atomic E-state index is -0.512. The van der Waals surface area contributed by atoms with Crippen molar-refractivity contribution in [3.63, 3.8) is 0 Å². The van der Waals surface area contributed by atoms with Crippen molar-refractivity contribution in [3.05, 3.63) is 63.7 Å². The second kappa shape index (κ2) is 6.41. The van der Waals surface area contributed by atoms with E-state index in [0.29, 0.717) is 11.1 Å². The highest BCUT2D eigenvalue weighted by Crippen LogP contribution is 2.28. The Morgan fingerprint density at radius 1 is 1.36 bits per heavy atom. The summed E-state index contributed by atoms with van der Waals surface area (Å²) in [6.07, 6.45) is 1.57. The van der Waals surface area contributed by atoms with Gasteiger partial charge in [-0.05, 0) is 29.3 Å². The highest BCUT2D eigenvalue weighted by atomic mass is 16.6. The Labute approximate surface area is 126 Å². The maximum Gasteiger partial charge on any atom is 0.270 e. The van der Waals surface area contributed by atoms with Gasteiger partial charge >= 0.3 is 0 Å². The number of allylic oxidation sites excluding steroid dienone is 1. The van der Waals surface area contributed by atoms with Crippen molar-refractivity contribution in [2.75, 3.05) is 7.11 Å². The Kier molecular flexibility index (Phi) is 4.39. The summed E-state index contributed by atoms with van der Waals surface area (Å²) in [5.41, 5.74) is 1.28. The van der Waals surface area contributed by atoms with Crippen molar-refractivity contribution in [2.45, 2.75) is 0 Å². The van der Waals surface area contributed by atoms with Crippen LogP contribution in [0.5, 0.6) is 11.5 Å². The summed E-state index contributed by atoms with van der Waals surface area (Å²) in [6, 6.07) is 12.5. The van der Waals surface area contributed by atoms with E-state index in [2.05, 4.69) is 0 Å². The number of methoxy groups -OCH3 is 1. The lowest BCUT2D eigenvalue weighted by Crippen LogP contribution is -1.90. The number of nitriles is 1. The van der Waals surface area contributed by atoms with Crippen molar-refractivity contribution < 1.29 is 14.8 Å². The quantitative estimate of drug-likeness (QED) is 0.404. The molecule has 0 saturated carbocycles. The summed E-state index contributed by atoms with van der Waals surface area (Å²) in [5.74, 6) is 0.276. The number of hydrogen-bond donors (Lipinski definition) is 1. The van der Waals surface area contributed by atoms with Gasteiger partial charge in [-0.1, -0.05) is 18.2 Å². The summed E-state index contributed by atoms with van der Waals surface area (Å²) in [7, 11) is 1.42. The molecular weight excluding hydrogens is 284 g/mol. The molecule has 0 spiro atoms. The van der Waals surface area contributed by atoms with Crippen molar-refractivity contribution in [2.24, 2.45) is 0 Å². The molecule has 0 aliphatic heterocycles. The number of benzene rings is 2. The van der Waals surface area contributed by atoms with Crippen LogP contribution >= 0.6 is 0 Å². The van der Waals surface area contributed by atoms with E-state index < -0.39 is 4.92 Å². The van der Waals surface area contributed by atoms with E-state index in [1.165, 1.54) is 31.4 Å². The molecule has 22 heavy (non-hydrogen) atoms. The number of non-ortho nitro benzene ring substituents is 1. The Balaban J connectivity index is 2.46. The maximum atomic E-state index is 10.8. The fourth-order valence-electron chi connectivity index (χ4n) is 1.92. The molecule has 0 aliphatic carbocycles. The second-order valence-electron chi connectivity index (χ2n) is 4.41.